The first kappa shape index (κ1) is 16.3. The predicted molar refractivity (Wildman–Crippen MR) is 97.5 cm³/mol. The normalized spacial score (nSPS) is 11.1. The van der Waals surface area contributed by atoms with E-state index in [9.17, 15) is 0 Å². The Bertz CT molecular complexity index is 784. The number of nitrogens with zero attached hydrogens (tertiary/aromatic N) is 2. The molecule has 5 heteroatoms. The van der Waals surface area contributed by atoms with Crippen molar-refractivity contribution in [1.29, 1.82) is 0 Å². The van der Waals surface area contributed by atoms with Crippen LogP contribution in [0.3, 0.4) is 0 Å². The molecule has 0 atom stereocenters. The lowest BCUT2D eigenvalue weighted by Gasteiger charge is -2.05. The van der Waals surface area contributed by atoms with E-state index >= 15 is 0 Å². The molecule has 2 aromatic carbocycles. The van der Waals surface area contributed by atoms with Gasteiger partial charge in [0.05, 0.1) is 11.3 Å². The summed E-state index contributed by atoms with van der Waals surface area (Å²) >= 11 is 5.20. The van der Waals surface area contributed by atoms with Gasteiger partial charge in [0.25, 0.3) is 0 Å². The van der Waals surface area contributed by atoms with Crippen LogP contribution in [-0.2, 0) is 5.75 Å². The van der Waals surface area contributed by atoms with Crippen molar-refractivity contribution in [3.8, 4) is 11.5 Å². The molecule has 0 N–H and O–H groups in total. The van der Waals surface area contributed by atoms with Gasteiger partial charge in [0, 0.05) is 9.37 Å². The van der Waals surface area contributed by atoms with Crippen molar-refractivity contribution in [3.05, 3.63) is 64.5 Å². The predicted octanol–water partition coefficient (Wildman–Crippen LogP) is 5.91. The van der Waals surface area contributed by atoms with Crippen molar-refractivity contribution in [3.63, 3.8) is 0 Å². The molecular weight excluding hydrogens is 372 g/mol. The Balaban J connectivity index is 1.67. The molecule has 0 saturated carbocycles. The molecule has 1 aromatic heterocycles. The maximum absolute atomic E-state index is 5.76. The Hall–Kier alpha value is -1.59. The molecule has 0 aliphatic rings. The van der Waals surface area contributed by atoms with Crippen molar-refractivity contribution in [2.45, 2.75) is 30.4 Å². The number of benzene rings is 2. The molecule has 0 amide bonds. The molecular formula is C18H17BrN2OS. The molecule has 118 valence electrons. The van der Waals surface area contributed by atoms with Gasteiger partial charge in [0.2, 0.25) is 11.8 Å². The van der Waals surface area contributed by atoms with Crippen LogP contribution < -0.4 is 0 Å². The summed E-state index contributed by atoms with van der Waals surface area (Å²) < 4.78 is 6.71. The lowest BCUT2D eigenvalue weighted by atomic mass is 10.0. The van der Waals surface area contributed by atoms with E-state index in [0.29, 0.717) is 23.5 Å². The zero-order valence-electron chi connectivity index (χ0n) is 13.0. The van der Waals surface area contributed by atoms with Crippen molar-refractivity contribution in [2.24, 2.45) is 0 Å². The molecule has 1 heterocycles. The molecule has 0 unspecified atom stereocenters. The van der Waals surface area contributed by atoms with Gasteiger partial charge in [-0.1, -0.05) is 38.1 Å². The lowest BCUT2D eigenvalue weighted by molar-refractivity contribution is 0.528. The highest BCUT2D eigenvalue weighted by Crippen LogP contribution is 2.29. The summed E-state index contributed by atoms with van der Waals surface area (Å²) in [6.45, 7) is 4.40. The van der Waals surface area contributed by atoms with Gasteiger partial charge in [-0.15, -0.1) is 22.0 Å². The molecule has 0 aliphatic carbocycles. The Morgan fingerprint density at radius 2 is 1.78 bits per heavy atom. The Kier molecular flexibility index (Phi) is 5.18. The molecule has 23 heavy (non-hydrogen) atoms. The molecule has 3 nitrogen and oxygen atoms in total. The van der Waals surface area contributed by atoms with E-state index in [-0.39, 0.29) is 0 Å². The largest absolute Gasteiger partial charge is 0.420 e. The van der Waals surface area contributed by atoms with E-state index in [1.54, 1.807) is 11.8 Å². The average molecular weight is 389 g/mol. The maximum atomic E-state index is 5.76. The van der Waals surface area contributed by atoms with Gasteiger partial charge in [0.15, 0.2) is 0 Å². The van der Waals surface area contributed by atoms with E-state index in [0.717, 1.165) is 10.0 Å². The molecule has 0 radical (unpaired) electrons. The summed E-state index contributed by atoms with van der Waals surface area (Å²) in [5.74, 6) is 2.40. The number of thioether (sulfide) groups is 1. The van der Waals surface area contributed by atoms with Gasteiger partial charge < -0.3 is 4.42 Å². The molecule has 0 spiro atoms. The number of aromatic nitrogens is 2. The van der Waals surface area contributed by atoms with Crippen LogP contribution in [0.15, 0.2) is 62.3 Å². The van der Waals surface area contributed by atoms with E-state index < -0.39 is 0 Å². The Morgan fingerprint density at radius 1 is 1.04 bits per heavy atom. The monoisotopic (exact) mass is 388 g/mol. The van der Waals surface area contributed by atoms with E-state index in [2.05, 4.69) is 64.2 Å². The number of rotatable bonds is 5. The minimum Gasteiger partial charge on any atom is -0.420 e. The summed E-state index contributed by atoms with van der Waals surface area (Å²) in [4.78, 5) is 1.20. The Labute approximate surface area is 148 Å². The second-order valence-corrected chi connectivity index (χ2v) is 7.40. The van der Waals surface area contributed by atoms with Gasteiger partial charge in [-0.05, 0) is 51.7 Å². The van der Waals surface area contributed by atoms with E-state index in [1.807, 2.05) is 24.3 Å². The van der Waals surface area contributed by atoms with Gasteiger partial charge >= 0.3 is 0 Å². The first-order valence-electron chi connectivity index (χ1n) is 7.43. The third-order valence-electron chi connectivity index (χ3n) is 3.48. The first-order valence-corrected chi connectivity index (χ1v) is 9.21. The second kappa shape index (κ2) is 7.32. The zero-order valence-corrected chi connectivity index (χ0v) is 15.4. The van der Waals surface area contributed by atoms with Crippen LogP contribution in [0.25, 0.3) is 11.5 Å². The number of hydrogen-bond donors (Lipinski definition) is 0. The van der Waals surface area contributed by atoms with E-state index in [1.165, 1.54) is 10.5 Å². The fourth-order valence-electron chi connectivity index (χ4n) is 2.15. The van der Waals surface area contributed by atoms with Crippen LogP contribution in [0.2, 0.25) is 0 Å². The van der Waals surface area contributed by atoms with Gasteiger partial charge in [-0.3, -0.25) is 0 Å². The van der Waals surface area contributed by atoms with Crippen LogP contribution in [-0.4, -0.2) is 10.2 Å². The third kappa shape index (κ3) is 4.03. The first-order chi connectivity index (χ1) is 11.1. The van der Waals surface area contributed by atoms with Crippen molar-refractivity contribution < 1.29 is 4.42 Å². The fraction of sp³-hybridized carbons (Fsp3) is 0.222. The fourth-order valence-corrected chi connectivity index (χ4v) is 3.34. The van der Waals surface area contributed by atoms with Crippen LogP contribution in [0.1, 0.15) is 31.2 Å². The van der Waals surface area contributed by atoms with Gasteiger partial charge in [-0.25, -0.2) is 0 Å². The molecule has 0 saturated heterocycles. The van der Waals surface area contributed by atoms with Crippen molar-refractivity contribution >= 4 is 27.7 Å². The smallest absolute Gasteiger partial charge is 0.248 e. The van der Waals surface area contributed by atoms with E-state index in [4.69, 9.17) is 4.42 Å². The second-order valence-electron chi connectivity index (χ2n) is 5.49. The minimum atomic E-state index is 0.545. The maximum Gasteiger partial charge on any atom is 0.248 e. The van der Waals surface area contributed by atoms with Gasteiger partial charge in [0.1, 0.15) is 0 Å². The lowest BCUT2D eigenvalue weighted by Crippen LogP contribution is -1.86. The average Bonchev–Trinajstić information content (AvgIpc) is 3.02. The third-order valence-corrected chi connectivity index (χ3v) is 5.17. The van der Waals surface area contributed by atoms with Crippen LogP contribution in [0, 0.1) is 0 Å². The SMILES string of the molecule is CC(C)c1ccc(SCc2nnc(-c3ccccc3Br)o2)cc1. The summed E-state index contributed by atoms with van der Waals surface area (Å²) in [5, 5.41) is 8.27. The molecule has 0 aliphatic heterocycles. The molecule has 3 aromatic rings. The molecule has 0 fully saturated rings. The standard InChI is InChI=1S/C18H17BrN2OS/c1-12(2)13-7-9-14(10-8-13)23-11-17-20-21-18(22-17)15-5-3-4-6-16(15)19/h3-10,12H,11H2,1-2H3. The summed E-state index contributed by atoms with van der Waals surface area (Å²) in [5.41, 5.74) is 2.26. The molecule has 3 rings (SSSR count). The van der Waals surface area contributed by atoms with Crippen molar-refractivity contribution in [1.82, 2.24) is 10.2 Å². The molecule has 0 bridgehead atoms. The highest BCUT2D eigenvalue weighted by Gasteiger charge is 2.11. The van der Waals surface area contributed by atoms with Crippen LogP contribution >= 0.6 is 27.7 Å². The van der Waals surface area contributed by atoms with Crippen molar-refractivity contribution in [2.75, 3.05) is 0 Å². The minimum absolute atomic E-state index is 0.545. The van der Waals surface area contributed by atoms with Crippen LogP contribution in [0.4, 0.5) is 0 Å². The Morgan fingerprint density at radius 3 is 2.48 bits per heavy atom. The summed E-state index contributed by atoms with van der Waals surface area (Å²) in [6.07, 6.45) is 0. The zero-order chi connectivity index (χ0) is 16.2. The topological polar surface area (TPSA) is 38.9 Å². The highest BCUT2D eigenvalue weighted by atomic mass is 79.9. The highest BCUT2D eigenvalue weighted by molar-refractivity contribution is 9.10. The number of hydrogen-bond acceptors (Lipinski definition) is 4. The summed E-state index contributed by atoms with van der Waals surface area (Å²) in [6, 6.07) is 16.5. The van der Waals surface area contributed by atoms with Gasteiger partial charge in [-0.2, -0.15) is 0 Å². The summed E-state index contributed by atoms with van der Waals surface area (Å²) in [7, 11) is 0. The van der Waals surface area contributed by atoms with Crippen LogP contribution in [0.5, 0.6) is 0 Å². The number of halogens is 1. The quantitative estimate of drug-likeness (QED) is 0.508.